The predicted octanol–water partition coefficient (Wildman–Crippen LogP) is 15.9. The van der Waals surface area contributed by atoms with Gasteiger partial charge in [-0.05, 0) is 101 Å². The summed E-state index contributed by atoms with van der Waals surface area (Å²) in [6.45, 7) is 4.61. The van der Waals surface area contributed by atoms with Crippen LogP contribution in [0.2, 0.25) is 0 Å². The fraction of sp³-hybridized carbons (Fsp3) is 0.0500. The minimum absolute atomic E-state index is 0.146. The second kappa shape index (κ2) is 13.9. The summed E-state index contributed by atoms with van der Waals surface area (Å²) in [6, 6.07) is 71.4. The Balaban J connectivity index is 0.957. The van der Waals surface area contributed by atoms with Gasteiger partial charge >= 0.3 is 0 Å². The molecule has 0 atom stereocenters. The number of fused-ring (bicyclic) bond motifs is 11. The Bertz CT molecular complexity index is 3880. The van der Waals surface area contributed by atoms with Crippen LogP contribution in [0.1, 0.15) is 25.0 Å². The molecule has 1 aliphatic carbocycles. The number of hydrogen-bond acceptors (Lipinski definition) is 4. The SMILES string of the molecule is CC1(C)c2ccccc2-c2c(-c3nc(-c4ccccc4)nc(-c4cccc(-c5cccc6oc7ccc(-c8cccc9c8ccc8c%10ccccc%10ccc98)cc7c56)c4)n3)cccc21. The molecular formula is C60H39N3O. The van der Waals surface area contributed by atoms with Crippen molar-refractivity contribution in [3.05, 3.63) is 211 Å². The average Bonchev–Trinajstić information content (AvgIpc) is 3.85. The van der Waals surface area contributed by atoms with Crippen LogP contribution in [-0.4, -0.2) is 15.0 Å². The third-order valence-electron chi connectivity index (χ3n) is 13.5. The number of aromatic nitrogens is 3. The minimum Gasteiger partial charge on any atom is -0.456 e. The van der Waals surface area contributed by atoms with E-state index in [1.54, 1.807) is 0 Å². The van der Waals surface area contributed by atoms with Crippen molar-refractivity contribution in [2.75, 3.05) is 0 Å². The summed E-state index contributed by atoms with van der Waals surface area (Å²) in [7, 11) is 0. The molecule has 2 aromatic heterocycles. The lowest BCUT2D eigenvalue weighted by Gasteiger charge is -2.21. The van der Waals surface area contributed by atoms with Gasteiger partial charge < -0.3 is 4.42 Å². The molecule has 2 heterocycles. The van der Waals surface area contributed by atoms with Crippen molar-refractivity contribution in [2.24, 2.45) is 0 Å². The Labute approximate surface area is 370 Å². The highest BCUT2D eigenvalue weighted by molar-refractivity contribution is 6.20. The fourth-order valence-electron chi connectivity index (χ4n) is 10.5. The standard InChI is InChI=1S/C60H39N3O/c1-60(2)51-25-9-8-20-48(51)55-49(24-12-26-52(55)60)59-62-57(37-15-4-3-5-16-37)61-58(63-59)40-18-10-17-38(34-40)43-22-13-27-54-56(43)50-35-39(29-33-53(50)64-54)42-21-11-23-44-46(42)32-31-45-41-19-7-6-14-36(41)28-30-47(44)45/h3-35H,1-2H3. The Hall–Kier alpha value is -8.21. The van der Waals surface area contributed by atoms with Crippen molar-refractivity contribution < 1.29 is 4.42 Å². The highest BCUT2D eigenvalue weighted by Gasteiger charge is 2.37. The van der Waals surface area contributed by atoms with Crippen molar-refractivity contribution in [1.82, 2.24) is 15.0 Å². The van der Waals surface area contributed by atoms with Crippen LogP contribution < -0.4 is 0 Å². The van der Waals surface area contributed by atoms with E-state index in [9.17, 15) is 0 Å². The van der Waals surface area contributed by atoms with Crippen LogP contribution in [0.5, 0.6) is 0 Å². The maximum absolute atomic E-state index is 6.58. The maximum Gasteiger partial charge on any atom is 0.164 e. The van der Waals surface area contributed by atoms with E-state index >= 15 is 0 Å². The summed E-state index contributed by atoms with van der Waals surface area (Å²) in [4.78, 5) is 15.7. The predicted molar refractivity (Wildman–Crippen MR) is 264 cm³/mol. The summed E-state index contributed by atoms with van der Waals surface area (Å²) in [5.74, 6) is 1.92. The lowest BCUT2D eigenvalue weighted by atomic mass is 9.82. The Morgan fingerprint density at radius 3 is 1.86 bits per heavy atom. The molecule has 4 nitrogen and oxygen atoms in total. The van der Waals surface area contributed by atoms with Crippen LogP contribution in [0.4, 0.5) is 0 Å². The molecule has 4 heteroatoms. The van der Waals surface area contributed by atoms with Crippen molar-refractivity contribution in [2.45, 2.75) is 19.3 Å². The summed E-state index contributed by atoms with van der Waals surface area (Å²) in [6.07, 6.45) is 0. The molecular weight excluding hydrogens is 779 g/mol. The van der Waals surface area contributed by atoms with Gasteiger partial charge in [-0.2, -0.15) is 0 Å². The van der Waals surface area contributed by atoms with Crippen LogP contribution in [0.3, 0.4) is 0 Å². The van der Waals surface area contributed by atoms with Crippen LogP contribution >= 0.6 is 0 Å². The molecule has 1 aliphatic rings. The fourth-order valence-corrected chi connectivity index (χ4v) is 10.5. The van der Waals surface area contributed by atoms with Crippen LogP contribution in [-0.2, 0) is 5.41 Å². The molecule has 10 aromatic carbocycles. The minimum atomic E-state index is -0.146. The van der Waals surface area contributed by atoms with Crippen LogP contribution in [0.25, 0.3) is 122 Å². The zero-order valence-corrected chi connectivity index (χ0v) is 35.3. The van der Waals surface area contributed by atoms with Gasteiger partial charge in [0.1, 0.15) is 11.2 Å². The van der Waals surface area contributed by atoms with Gasteiger partial charge in [0.15, 0.2) is 17.5 Å². The molecule has 0 radical (unpaired) electrons. The average molecular weight is 818 g/mol. The molecule has 0 saturated carbocycles. The quantitative estimate of drug-likeness (QED) is 0.162. The second-order valence-corrected chi connectivity index (χ2v) is 17.5. The first-order chi connectivity index (χ1) is 31.5. The third kappa shape index (κ3) is 5.52. The van der Waals surface area contributed by atoms with Gasteiger partial charge in [-0.25, -0.2) is 15.0 Å². The molecule has 0 spiro atoms. The summed E-state index contributed by atoms with van der Waals surface area (Å²) >= 11 is 0. The Morgan fingerprint density at radius 1 is 0.344 bits per heavy atom. The van der Waals surface area contributed by atoms with Gasteiger partial charge in [-0.15, -0.1) is 0 Å². The van der Waals surface area contributed by atoms with Crippen molar-refractivity contribution in [1.29, 1.82) is 0 Å². The van der Waals surface area contributed by atoms with Gasteiger partial charge in [-0.3, -0.25) is 0 Å². The maximum atomic E-state index is 6.58. The Kier molecular flexibility index (Phi) is 7.92. The van der Waals surface area contributed by atoms with E-state index in [2.05, 4.69) is 196 Å². The highest BCUT2D eigenvalue weighted by atomic mass is 16.3. The molecule has 300 valence electrons. The molecule has 0 fully saturated rings. The van der Waals surface area contributed by atoms with E-state index < -0.39 is 0 Å². The number of nitrogens with zero attached hydrogens (tertiary/aromatic N) is 3. The number of rotatable bonds is 5. The van der Waals surface area contributed by atoms with E-state index in [0.717, 1.165) is 55.3 Å². The molecule has 12 aromatic rings. The van der Waals surface area contributed by atoms with E-state index in [4.69, 9.17) is 19.4 Å². The molecule has 0 N–H and O–H groups in total. The molecule has 0 bridgehead atoms. The van der Waals surface area contributed by atoms with E-state index in [1.807, 2.05) is 18.2 Å². The lowest BCUT2D eigenvalue weighted by molar-refractivity contribution is 0.660. The number of furan rings is 1. The lowest BCUT2D eigenvalue weighted by Crippen LogP contribution is -2.14. The zero-order chi connectivity index (χ0) is 42.5. The first-order valence-electron chi connectivity index (χ1n) is 21.9. The van der Waals surface area contributed by atoms with Gasteiger partial charge in [-0.1, -0.05) is 190 Å². The van der Waals surface area contributed by atoms with E-state index in [0.29, 0.717) is 17.5 Å². The first-order valence-corrected chi connectivity index (χ1v) is 21.9. The normalized spacial score (nSPS) is 13.0. The van der Waals surface area contributed by atoms with Crippen molar-refractivity contribution in [3.8, 4) is 67.5 Å². The van der Waals surface area contributed by atoms with E-state index in [-0.39, 0.29) is 5.41 Å². The van der Waals surface area contributed by atoms with E-state index in [1.165, 1.54) is 60.1 Å². The van der Waals surface area contributed by atoms with Gasteiger partial charge in [0, 0.05) is 32.9 Å². The third-order valence-corrected chi connectivity index (χ3v) is 13.5. The summed E-state index contributed by atoms with van der Waals surface area (Å²) in [5.41, 5.74) is 13.9. The number of hydrogen-bond donors (Lipinski definition) is 0. The second-order valence-electron chi connectivity index (χ2n) is 17.5. The number of benzene rings is 10. The topological polar surface area (TPSA) is 51.8 Å². The van der Waals surface area contributed by atoms with Crippen molar-refractivity contribution in [3.63, 3.8) is 0 Å². The largest absolute Gasteiger partial charge is 0.456 e. The summed E-state index contributed by atoms with van der Waals surface area (Å²) in [5, 5.41) is 9.70. The molecule has 0 saturated heterocycles. The van der Waals surface area contributed by atoms with Crippen LogP contribution in [0, 0.1) is 0 Å². The molecule has 64 heavy (non-hydrogen) atoms. The van der Waals surface area contributed by atoms with Gasteiger partial charge in [0.25, 0.3) is 0 Å². The molecule has 13 rings (SSSR count). The van der Waals surface area contributed by atoms with Crippen molar-refractivity contribution >= 4 is 54.3 Å². The molecule has 0 amide bonds. The first kappa shape index (κ1) is 36.4. The monoisotopic (exact) mass is 817 g/mol. The zero-order valence-electron chi connectivity index (χ0n) is 35.3. The smallest absolute Gasteiger partial charge is 0.164 e. The summed E-state index contributed by atoms with van der Waals surface area (Å²) < 4.78 is 6.58. The molecule has 0 aliphatic heterocycles. The highest BCUT2D eigenvalue weighted by Crippen LogP contribution is 2.52. The molecule has 0 unspecified atom stereocenters. The van der Waals surface area contributed by atoms with Gasteiger partial charge in [0.2, 0.25) is 0 Å². The van der Waals surface area contributed by atoms with Crippen LogP contribution in [0.15, 0.2) is 205 Å². The van der Waals surface area contributed by atoms with Gasteiger partial charge in [0.05, 0.1) is 0 Å². The Morgan fingerprint density at radius 2 is 0.938 bits per heavy atom.